The fourth-order valence-corrected chi connectivity index (χ4v) is 0.966. The minimum atomic E-state index is 0.849. The average Bonchev–Trinajstić information content (AvgIpc) is 2.05. The van der Waals surface area contributed by atoms with Crippen molar-refractivity contribution in [3.8, 4) is 5.75 Å². The molecule has 55 valence electrons. The van der Waals surface area contributed by atoms with Gasteiger partial charge in [-0.15, -0.1) is 6.58 Å². The van der Waals surface area contributed by atoms with Gasteiger partial charge in [-0.2, -0.15) is 0 Å². The molecule has 2 heteroatoms. The van der Waals surface area contributed by atoms with Crippen molar-refractivity contribution < 1.29 is 4.74 Å². The summed E-state index contributed by atoms with van der Waals surface area (Å²) in [7, 11) is 4.99. The van der Waals surface area contributed by atoms with Gasteiger partial charge in [0.05, 0.1) is 17.4 Å². The van der Waals surface area contributed by atoms with Crippen LogP contribution >= 0.6 is 0 Å². The molecule has 0 unspecified atom stereocenters. The zero-order chi connectivity index (χ0) is 8.27. The predicted molar refractivity (Wildman–Crippen MR) is 47.8 cm³/mol. The Morgan fingerprint density at radius 3 is 2.82 bits per heavy atom. The number of methoxy groups -OCH3 is 1. The van der Waals surface area contributed by atoms with E-state index in [0.29, 0.717) is 0 Å². The van der Waals surface area contributed by atoms with E-state index in [9.17, 15) is 0 Å². The molecule has 0 aliphatic heterocycles. The Kier molecular flexibility index (Phi) is 2.49. The van der Waals surface area contributed by atoms with Crippen LogP contribution in [-0.2, 0) is 0 Å². The van der Waals surface area contributed by atoms with Crippen LogP contribution in [0.3, 0.4) is 0 Å². The van der Waals surface area contributed by atoms with Crippen LogP contribution in [0.25, 0.3) is 5.20 Å². The smallest absolute Gasteiger partial charge is 0.119 e. The Bertz CT molecular complexity index is 268. The van der Waals surface area contributed by atoms with Gasteiger partial charge in [0.1, 0.15) is 5.75 Å². The minimum absolute atomic E-state index is 0.849. The van der Waals surface area contributed by atoms with Gasteiger partial charge in [0.15, 0.2) is 0 Å². The lowest BCUT2D eigenvalue weighted by atomic mass is 10.2. The topological polar surface area (TPSA) is 9.23 Å². The number of rotatable bonds is 2. The third-order valence-corrected chi connectivity index (χ3v) is 1.71. The van der Waals surface area contributed by atoms with Crippen molar-refractivity contribution in [2.45, 2.75) is 0 Å². The maximum absolute atomic E-state index is 5.04. The van der Waals surface area contributed by atoms with E-state index in [1.807, 2.05) is 24.3 Å². The molecule has 1 rings (SSSR count). The normalized spacial score (nSPS) is 9.27. The van der Waals surface area contributed by atoms with Crippen LogP contribution in [0.1, 0.15) is 5.56 Å². The maximum Gasteiger partial charge on any atom is 0.119 e. The number of hydrogen-bond acceptors (Lipinski definition) is 1. The Balaban J connectivity index is 3.01. The van der Waals surface area contributed by atoms with Gasteiger partial charge in [0, 0.05) is 0 Å². The molecule has 0 aliphatic rings. The molecule has 0 fully saturated rings. The second kappa shape index (κ2) is 3.39. The summed E-state index contributed by atoms with van der Waals surface area (Å²) in [6, 6.07) is 7.73. The van der Waals surface area contributed by atoms with Crippen molar-refractivity contribution in [2.24, 2.45) is 0 Å². The standard InChI is InChI=1S/C9H9OSi/c1-7(11)8-4-3-5-9(6-8)10-2/h3-6H,1H2,2H3. The van der Waals surface area contributed by atoms with Gasteiger partial charge < -0.3 is 4.74 Å². The van der Waals surface area contributed by atoms with Crippen LogP contribution in [-0.4, -0.2) is 17.4 Å². The quantitative estimate of drug-likeness (QED) is 0.601. The molecule has 11 heavy (non-hydrogen) atoms. The Hall–Kier alpha value is -1.02. The third-order valence-electron chi connectivity index (χ3n) is 1.42. The highest BCUT2D eigenvalue weighted by molar-refractivity contribution is 6.41. The molecule has 0 atom stereocenters. The monoisotopic (exact) mass is 161 g/mol. The van der Waals surface area contributed by atoms with E-state index in [1.165, 1.54) is 0 Å². The van der Waals surface area contributed by atoms with E-state index in [1.54, 1.807) is 7.11 Å². The first-order valence-corrected chi connectivity index (χ1v) is 3.79. The van der Waals surface area contributed by atoms with Crippen LogP contribution in [0.5, 0.6) is 5.75 Å². The second-order valence-corrected chi connectivity index (χ2v) is 2.81. The summed E-state index contributed by atoms with van der Waals surface area (Å²) in [4.78, 5) is 0. The molecule has 1 aromatic rings. The Morgan fingerprint density at radius 2 is 2.27 bits per heavy atom. The highest BCUT2D eigenvalue weighted by Gasteiger charge is 1.94. The van der Waals surface area contributed by atoms with Gasteiger partial charge >= 0.3 is 0 Å². The van der Waals surface area contributed by atoms with E-state index in [4.69, 9.17) is 4.74 Å². The lowest BCUT2D eigenvalue weighted by Crippen LogP contribution is -1.85. The summed E-state index contributed by atoms with van der Waals surface area (Å²) in [5.41, 5.74) is 1.04. The summed E-state index contributed by atoms with van der Waals surface area (Å²) in [6.07, 6.45) is 0. The van der Waals surface area contributed by atoms with E-state index < -0.39 is 0 Å². The summed E-state index contributed by atoms with van der Waals surface area (Å²) in [5, 5.41) is 0.865. The molecule has 1 aromatic carbocycles. The van der Waals surface area contributed by atoms with E-state index in [0.717, 1.165) is 16.5 Å². The lowest BCUT2D eigenvalue weighted by molar-refractivity contribution is 0.414. The van der Waals surface area contributed by atoms with Gasteiger partial charge in [-0.05, 0) is 17.7 Å². The van der Waals surface area contributed by atoms with Crippen molar-refractivity contribution in [1.82, 2.24) is 0 Å². The molecule has 0 saturated heterocycles. The summed E-state index contributed by atoms with van der Waals surface area (Å²) in [6.45, 7) is 3.76. The van der Waals surface area contributed by atoms with E-state index in [2.05, 4.69) is 16.8 Å². The Labute approximate surface area is 70.1 Å². The summed E-state index contributed by atoms with van der Waals surface area (Å²) in [5.74, 6) is 0.849. The highest BCUT2D eigenvalue weighted by Crippen LogP contribution is 2.16. The molecule has 0 aromatic heterocycles. The third kappa shape index (κ3) is 1.95. The molecule has 0 spiro atoms. The summed E-state index contributed by atoms with van der Waals surface area (Å²) >= 11 is 0. The average molecular weight is 161 g/mol. The van der Waals surface area contributed by atoms with Gasteiger partial charge in [-0.1, -0.05) is 17.3 Å². The van der Waals surface area contributed by atoms with Crippen LogP contribution < -0.4 is 4.74 Å². The van der Waals surface area contributed by atoms with Crippen LogP contribution in [0.2, 0.25) is 0 Å². The zero-order valence-corrected chi connectivity index (χ0v) is 7.42. The predicted octanol–water partition coefficient (Wildman–Crippen LogP) is 1.83. The number of benzene rings is 1. The van der Waals surface area contributed by atoms with Crippen molar-refractivity contribution in [2.75, 3.05) is 7.11 Å². The van der Waals surface area contributed by atoms with Crippen molar-refractivity contribution in [1.29, 1.82) is 0 Å². The van der Waals surface area contributed by atoms with Crippen LogP contribution in [0, 0.1) is 0 Å². The van der Waals surface area contributed by atoms with Crippen LogP contribution in [0.4, 0.5) is 0 Å². The first-order chi connectivity index (χ1) is 5.24. The van der Waals surface area contributed by atoms with Gasteiger partial charge in [-0.25, -0.2) is 0 Å². The molecule has 0 N–H and O–H groups in total. The largest absolute Gasteiger partial charge is 0.497 e. The van der Waals surface area contributed by atoms with Gasteiger partial charge in [-0.3, -0.25) is 0 Å². The minimum Gasteiger partial charge on any atom is -0.497 e. The van der Waals surface area contributed by atoms with E-state index >= 15 is 0 Å². The van der Waals surface area contributed by atoms with Gasteiger partial charge in [0.2, 0.25) is 0 Å². The van der Waals surface area contributed by atoms with Crippen molar-refractivity contribution >= 4 is 15.4 Å². The highest BCUT2D eigenvalue weighted by atomic mass is 28.1. The fourth-order valence-electron chi connectivity index (χ4n) is 0.811. The number of ether oxygens (including phenoxy) is 1. The first kappa shape index (κ1) is 8.08. The first-order valence-electron chi connectivity index (χ1n) is 3.29. The molecule has 1 nitrogen and oxygen atoms in total. The zero-order valence-electron chi connectivity index (χ0n) is 6.42. The molecule has 0 bridgehead atoms. The number of hydrogen-bond donors (Lipinski definition) is 0. The molecule has 3 radical (unpaired) electrons. The molecule has 0 heterocycles. The molecule has 0 aliphatic carbocycles. The van der Waals surface area contributed by atoms with E-state index in [-0.39, 0.29) is 0 Å². The van der Waals surface area contributed by atoms with Crippen LogP contribution in [0.15, 0.2) is 30.8 Å². The molecular weight excluding hydrogens is 152 g/mol. The summed E-state index contributed by atoms with van der Waals surface area (Å²) < 4.78 is 5.04. The molecular formula is C9H9OSi. The fraction of sp³-hybridized carbons (Fsp3) is 0.111. The SMILES string of the molecule is C=C([Si])c1cccc(OC)c1. The van der Waals surface area contributed by atoms with Crippen molar-refractivity contribution in [3.05, 3.63) is 36.4 Å². The lowest BCUT2D eigenvalue weighted by Gasteiger charge is -2.02. The molecule has 0 amide bonds. The Morgan fingerprint density at radius 1 is 1.55 bits per heavy atom. The van der Waals surface area contributed by atoms with Gasteiger partial charge in [0.25, 0.3) is 0 Å². The molecule has 0 saturated carbocycles. The maximum atomic E-state index is 5.04. The van der Waals surface area contributed by atoms with Crippen molar-refractivity contribution in [3.63, 3.8) is 0 Å². The second-order valence-electron chi connectivity index (χ2n) is 2.21.